The number of piperazine rings is 1. The van der Waals surface area contributed by atoms with Gasteiger partial charge in [0.25, 0.3) is 0 Å². The molecule has 0 spiro atoms. The summed E-state index contributed by atoms with van der Waals surface area (Å²) in [4.78, 5) is 26.3. The van der Waals surface area contributed by atoms with Crippen LogP contribution in [0.1, 0.15) is 11.1 Å². The first-order valence-corrected chi connectivity index (χ1v) is 8.62. The Balaban J connectivity index is 1.56. The van der Waals surface area contributed by atoms with E-state index in [-0.39, 0.29) is 13.2 Å². The molecule has 26 heavy (non-hydrogen) atoms. The lowest BCUT2D eigenvalue weighted by atomic mass is 10.2. The van der Waals surface area contributed by atoms with Gasteiger partial charge in [0.15, 0.2) is 0 Å². The van der Waals surface area contributed by atoms with Gasteiger partial charge in [0, 0.05) is 19.6 Å². The molecule has 1 unspecified atom stereocenters. The van der Waals surface area contributed by atoms with Crippen molar-refractivity contribution in [3.8, 4) is 0 Å². The van der Waals surface area contributed by atoms with Crippen molar-refractivity contribution >= 4 is 12.1 Å². The average Bonchev–Trinajstić information content (AvgIpc) is 2.72. The smallest absolute Gasteiger partial charge is 0.410 e. The number of hydrogen-bond acceptors (Lipinski definition) is 5. The van der Waals surface area contributed by atoms with E-state index in [9.17, 15) is 9.59 Å². The second-order valence-electron chi connectivity index (χ2n) is 6.05. The van der Waals surface area contributed by atoms with Crippen LogP contribution in [0.4, 0.5) is 4.79 Å². The third kappa shape index (κ3) is 4.83. The standard InChI is InChI=1S/C20H22N2O4/c23-19(25-14-16-7-3-1-4-8-16)18-13-21-11-12-22(18)20(24)26-15-17-9-5-2-6-10-17/h1-10,18,21H,11-15H2. The fourth-order valence-electron chi connectivity index (χ4n) is 2.76. The van der Waals surface area contributed by atoms with Crippen LogP contribution in [0.15, 0.2) is 60.7 Å². The molecule has 3 rings (SSSR count). The maximum atomic E-state index is 12.4. The Morgan fingerprint density at radius 1 is 0.923 bits per heavy atom. The van der Waals surface area contributed by atoms with Crippen LogP contribution < -0.4 is 5.32 Å². The zero-order valence-corrected chi connectivity index (χ0v) is 14.5. The molecule has 136 valence electrons. The minimum absolute atomic E-state index is 0.176. The van der Waals surface area contributed by atoms with Crippen molar-refractivity contribution in [3.05, 3.63) is 71.8 Å². The number of nitrogens with one attached hydrogen (secondary N) is 1. The highest BCUT2D eigenvalue weighted by Gasteiger charge is 2.34. The molecule has 0 aliphatic carbocycles. The molecule has 1 aliphatic heterocycles. The number of nitrogens with zero attached hydrogens (tertiary/aromatic N) is 1. The quantitative estimate of drug-likeness (QED) is 0.835. The minimum atomic E-state index is -0.685. The van der Waals surface area contributed by atoms with Gasteiger partial charge in [-0.3, -0.25) is 4.90 Å². The first-order valence-electron chi connectivity index (χ1n) is 8.62. The molecule has 1 amide bonds. The zero-order valence-electron chi connectivity index (χ0n) is 14.5. The molecule has 6 heteroatoms. The summed E-state index contributed by atoms with van der Waals surface area (Å²) in [6.45, 7) is 1.73. The Kier molecular flexibility index (Phi) is 6.22. The fraction of sp³-hybridized carbons (Fsp3) is 0.300. The van der Waals surface area contributed by atoms with E-state index in [1.807, 2.05) is 60.7 Å². The van der Waals surface area contributed by atoms with Crippen molar-refractivity contribution in [2.45, 2.75) is 19.3 Å². The van der Waals surface area contributed by atoms with Crippen LogP contribution in [0.25, 0.3) is 0 Å². The summed E-state index contributed by atoms with van der Waals surface area (Å²) in [5.41, 5.74) is 1.81. The van der Waals surface area contributed by atoms with Gasteiger partial charge >= 0.3 is 12.1 Å². The molecule has 1 saturated heterocycles. The number of benzene rings is 2. The predicted octanol–water partition coefficient (Wildman–Crippen LogP) is 2.34. The van der Waals surface area contributed by atoms with E-state index in [1.165, 1.54) is 4.90 Å². The van der Waals surface area contributed by atoms with Crippen LogP contribution in [0.2, 0.25) is 0 Å². The summed E-state index contributed by atoms with van der Waals surface area (Å²) >= 11 is 0. The summed E-state index contributed by atoms with van der Waals surface area (Å²) in [5.74, 6) is -0.433. The van der Waals surface area contributed by atoms with Gasteiger partial charge in [-0.05, 0) is 11.1 Å². The number of rotatable bonds is 5. The fourth-order valence-corrected chi connectivity index (χ4v) is 2.76. The summed E-state index contributed by atoms with van der Waals surface area (Å²) < 4.78 is 10.7. The molecule has 1 atom stereocenters. The number of hydrogen-bond donors (Lipinski definition) is 1. The molecule has 1 N–H and O–H groups in total. The summed E-state index contributed by atoms with van der Waals surface area (Å²) in [7, 11) is 0. The van der Waals surface area contributed by atoms with Gasteiger partial charge in [-0.1, -0.05) is 60.7 Å². The number of carbonyl (C=O) groups excluding carboxylic acids is 2. The Bertz CT molecular complexity index is 658. The molecule has 1 heterocycles. The van der Waals surface area contributed by atoms with E-state index in [1.54, 1.807) is 0 Å². The van der Waals surface area contributed by atoms with Crippen molar-refractivity contribution < 1.29 is 19.1 Å². The molecular weight excluding hydrogens is 332 g/mol. The molecule has 1 fully saturated rings. The van der Waals surface area contributed by atoms with Crippen molar-refractivity contribution in [3.63, 3.8) is 0 Å². The Morgan fingerprint density at radius 3 is 2.12 bits per heavy atom. The third-order valence-electron chi connectivity index (χ3n) is 4.18. The highest BCUT2D eigenvalue weighted by atomic mass is 16.6. The first-order chi connectivity index (χ1) is 12.7. The van der Waals surface area contributed by atoms with Crippen molar-refractivity contribution in [2.75, 3.05) is 19.6 Å². The molecule has 0 bridgehead atoms. The molecule has 0 saturated carbocycles. The minimum Gasteiger partial charge on any atom is -0.459 e. The van der Waals surface area contributed by atoms with Gasteiger partial charge in [0.1, 0.15) is 19.3 Å². The molecule has 2 aromatic rings. The molecule has 0 aromatic heterocycles. The maximum absolute atomic E-state index is 12.4. The van der Waals surface area contributed by atoms with Crippen LogP contribution in [0, 0.1) is 0 Å². The number of esters is 1. The first kappa shape index (κ1) is 17.9. The maximum Gasteiger partial charge on any atom is 0.410 e. The number of ether oxygens (including phenoxy) is 2. The van der Waals surface area contributed by atoms with Crippen LogP contribution in [-0.4, -0.2) is 42.6 Å². The Hall–Kier alpha value is -2.86. The van der Waals surface area contributed by atoms with E-state index in [0.717, 1.165) is 11.1 Å². The molecule has 1 aliphatic rings. The van der Waals surface area contributed by atoms with Gasteiger partial charge < -0.3 is 14.8 Å². The summed E-state index contributed by atoms with van der Waals surface area (Å²) in [5, 5.41) is 3.12. The van der Waals surface area contributed by atoms with E-state index in [4.69, 9.17) is 9.47 Å². The van der Waals surface area contributed by atoms with E-state index < -0.39 is 18.1 Å². The number of carbonyl (C=O) groups is 2. The molecule has 6 nitrogen and oxygen atoms in total. The highest BCUT2D eigenvalue weighted by molar-refractivity contribution is 5.82. The number of amides is 1. The van der Waals surface area contributed by atoms with Gasteiger partial charge in [0.05, 0.1) is 0 Å². The third-order valence-corrected chi connectivity index (χ3v) is 4.18. The van der Waals surface area contributed by atoms with E-state index in [2.05, 4.69) is 5.32 Å². The lowest BCUT2D eigenvalue weighted by molar-refractivity contribution is -0.151. The molecule has 0 radical (unpaired) electrons. The predicted molar refractivity (Wildman–Crippen MR) is 96.2 cm³/mol. The second-order valence-corrected chi connectivity index (χ2v) is 6.05. The zero-order chi connectivity index (χ0) is 18.2. The SMILES string of the molecule is O=C(OCc1ccccc1)C1CNCCN1C(=O)OCc1ccccc1. The van der Waals surface area contributed by atoms with E-state index >= 15 is 0 Å². The van der Waals surface area contributed by atoms with E-state index in [0.29, 0.717) is 19.6 Å². The largest absolute Gasteiger partial charge is 0.459 e. The monoisotopic (exact) mass is 354 g/mol. The lowest BCUT2D eigenvalue weighted by Crippen LogP contribution is -2.57. The van der Waals surface area contributed by atoms with Gasteiger partial charge in [-0.2, -0.15) is 0 Å². The Labute approximate surface area is 152 Å². The second kappa shape index (κ2) is 9.01. The summed E-state index contributed by atoms with van der Waals surface area (Å²) in [6.07, 6.45) is -0.503. The van der Waals surface area contributed by atoms with Crippen LogP contribution in [-0.2, 0) is 27.5 Å². The van der Waals surface area contributed by atoms with Crippen molar-refractivity contribution in [1.82, 2.24) is 10.2 Å². The van der Waals surface area contributed by atoms with Gasteiger partial charge in [-0.25, -0.2) is 9.59 Å². The average molecular weight is 354 g/mol. The van der Waals surface area contributed by atoms with Gasteiger partial charge in [0.2, 0.25) is 0 Å². The van der Waals surface area contributed by atoms with Crippen LogP contribution in [0.5, 0.6) is 0 Å². The van der Waals surface area contributed by atoms with Gasteiger partial charge in [-0.15, -0.1) is 0 Å². The van der Waals surface area contributed by atoms with Crippen molar-refractivity contribution in [2.24, 2.45) is 0 Å². The summed E-state index contributed by atoms with van der Waals surface area (Å²) in [6, 6.07) is 18.2. The molecule has 2 aromatic carbocycles. The lowest BCUT2D eigenvalue weighted by Gasteiger charge is -2.33. The Morgan fingerprint density at radius 2 is 1.50 bits per heavy atom. The molecular formula is C20H22N2O4. The van der Waals surface area contributed by atoms with Crippen LogP contribution in [0.3, 0.4) is 0 Å². The topological polar surface area (TPSA) is 67.9 Å². The normalized spacial score (nSPS) is 16.8. The van der Waals surface area contributed by atoms with Crippen LogP contribution >= 0.6 is 0 Å². The highest BCUT2D eigenvalue weighted by Crippen LogP contribution is 2.11. The van der Waals surface area contributed by atoms with Crippen molar-refractivity contribution in [1.29, 1.82) is 0 Å².